The Morgan fingerprint density at radius 2 is 2.00 bits per heavy atom. The predicted octanol–water partition coefficient (Wildman–Crippen LogP) is 4.20. The highest BCUT2D eigenvalue weighted by Gasteiger charge is 2.39. The van der Waals surface area contributed by atoms with Crippen molar-refractivity contribution >= 4 is 23.2 Å². The standard InChI is InChI=1S/C25H31N5O2S/c1-15(2)22(20-12-16(3)28-29-20)25(32)30-11-5-6-21(30)24(31)26-13-18-7-9-19(10-8-18)23-17(4)27-14-33-23/h7-10,12,14-15,21-22H,5-6,11,13H2,1-4H3,(H,26,31)(H,28,29). The number of hydrogen-bond donors (Lipinski definition) is 2. The van der Waals surface area contributed by atoms with E-state index in [1.165, 1.54) is 0 Å². The van der Waals surface area contributed by atoms with Crippen LogP contribution >= 0.6 is 11.3 Å². The molecule has 0 saturated carbocycles. The molecule has 1 saturated heterocycles. The molecule has 2 N–H and O–H groups in total. The molecule has 8 heteroatoms. The van der Waals surface area contributed by atoms with E-state index >= 15 is 0 Å². The van der Waals surface area contributed by atoms with Gasteiger partial charge in [-0.1, -0.05) is 38.1 Å². The van der Waals surface area contributed by atoms with Gasteiger partial charge in [0.2, 0.25) is 11.8 Å². The highest BCUT2D eigenvalue weighted by atomic mass is 32.1. The van der Waals surface area contributed by atoms with Crippen LogP contribution in [0.3, 0.4) is 0 Å². The Bertz CT molecular complexity index is 1120. The Morgan fingerprint density at radius 1 is 1.24 bits per heavy atom. The molecule has 3 aromatic rings. The van der Waals surface area contributed by atoms with E-state index in [9.17, 15) is 9.59 Å². The van der Waals surface area contributed by atoms with E-state index < -0.39 is 6.04 Å². The topological polar surface area (TPSA) is 91.0 Å². The van der Waals surface area contributed by atoms with Gasteiger partial charge in [0.25, 0.3) is 0 Å². The Morgan fingerprint density at radius 3 is 2.61 bits per heavy atom. The summed E-state index contributed by atoms with van der Waals surface area (Å²) >= 11 is 1.63. The largest absolute Gasteiger partial charge is 0.350 e. The third-order valence-electron chi connectivity index (χ3n) is 6.24. The third-order valence-corrected chi connectivity index (χ3v) is 7.22. The minimum Gasteiger partial charge on any atom is -0.350 e. The molecule has 1 fully saturated rings. The summed E-state index contributed by atoms with van der Waals surface area (Å²) in [6, 6.07) is 9.67. The molecule has 4 rings (SSSR count). The van der Waals surface area contributed by atoms with Gasteiger partial charge in [0.15, 0.2) is 0 Å². The van der Waals surface area contributed by atoms with Gasteiger partial charge in [-0.05, 0) is 49.8 Å². The molecule has 33 heavy (non-hydrogen) atoms. The smallest absolute Gasteiger partial charge is 0.243 e. The number of carbonyl (C=O) groups excluding carboxylic acids is 2. The maximum absolute atomic E-state index is 13.5. The molecular formula is C25H31N5O2S. The van der Waals surface area contributed by atoms with Crippen LogP contribution in [0.5, 0.6) is 0 Å². The molecule has 0 aliphatic carbocycles. The Labute approximate surface area is 198 Å². The van der Waals surface area contributed by atoms with E-state index in [0.717, 1.165) is 39.5 Å². The Kier molecular flexibility index (Phi) is 6.93. The van der Waals surface area contributed by atoms with Crippen LogP contribution in [-0.2, 0) is 16.1 Å². The molecule has 1 aliphatic rings. The first kappa shape index (κ1) is 23.2. The van der Waals surface area contributed by atoms with Gasteiger partial charge in [0.1, 0.15) is 6.04 Å². The van der Waals surface area contributed by atoms with Crippen LogP contribution < -0.4 is 5.32 Å². The molecule has 2 aromatic heterocycles. The second-order valence-corrected chi connectivity index (χ2v) is 9.92. The number of nitrogens with zero attached hydrogens (tertiary/aromatic N) is 3. The van der Waals surface area contributed by atoms with E-state index in [4.69, 9.17) is 0 Å². The quantitative estimate of drug-likeness (QED) is 0.547. The molecular weight excluding hydrogens is 434 g/mol. The van der Waals surface area contributed by atoms with E-state index in [1.807, 2.05) is 51.4 Å². The minimum absolute atomic E-state index is 0.0153. The number of H-pyrrole nitrogens is 1. The summed E-state index contributed by atoms with van der Waals surface area (Å²) in [4.78, 5) is 33.7. The van der Waals surface area contributed by atoms with Crippen LogP contribution in [0.15, 0.2) is 35.8 Å². The summed E-state index contributed by atoms with van der Waals surface area (Å²) in [5.74, 6) is -0.376. The maximum Gasteiger partial charge on any atom is 0.243 e. The second kappa shape index (κ2) is 9.87. The van der Waals surface area contributed by atoms with Gasteiger partial charge >= 0.3 is 0 Å². The fraction of sp³-hybridized carbons (Fsp3) is 0.440. The van der Waals surface area contributed by atoms with Gasteiger partial charge in [-0.15, -0.1) is 11.3 Å². The monoisotopic (exact) mass is 465 g/mol. The van der Waals surface area contributed by atoms with E-state index in [2.05, 4.69) is 32.6 Å². The van der Waals surface area contributed by atoms with Gasteiger partial charge in [0, 0.05) is 18.8 Å². The first-order valence-electron chi connectivity index (χ1n) is 11.4. The highest BCUT2D eigenvalue weighted by Crippen LogP contribution is 2.30. The number of hydrogen-bond acceptors (Lipinski definition) is 5. The zero-order valence-corrected chi connectivity index (χ0v) is 20.4. The third kappa shape index (κ3) is 5.00. The molecule has 3 heterocycles. The number of likely N-dealkylation sites (tertiary alicyclic amines) is 1. The summed E-state index contributed by atoms with van der Waals surface area (Å²) in [5, 5.41) is 10.3. The van der Waals surface area contributed by atoms with Crippen molar-refractivity contribution in [2.24, 2.45) is 5.92 Å². The van der Waals surface area contributed by atoms with Crippen LogP contribution in [0.2, 0.25) is 0 Å². The summed E-state index contributed by atoms with van der Waals surface area (Å²) < 4.78 is 0. The zero-order valence-electron chi connectivity index (χ0n) is 19.6. The summed E-state index contributed by atoms with van der Waals surface area (Å²) in [6.07, 6.45) is 1.52. The van der Waals surface area contributed by atoms with Crippen molar-refractivity contribution < 1.29 is 9.59 Å². The lowest BCUT2D eigenvalue weighted by Crippen LogP contribution is -2.48. The highest BCUT2D eigenvalue weighted by molar-refractivity contribution is 7.13. The van der Waals surface area contributed by atoms with Gasteiger partial charge < -0.3 is 10.2 Å². The molecule has 2 atom stereocenters. The van der Waals surface area contributed by atoms with Crippen molar-refractivity contribution in [3.8, 4) is 10.4 Å². The number of aromatic amines is 1. The van der Waals surface area contributed by atoms with Crippen LogP contribution in [0.25, 0.3) is 10.4 Å². The molecule has 0 bridgehead atoms. The number of thiazole rings is 1. The first-order chi connectivity index (χ1) is 15.8. The van der Waals surface area contributed by atoms with Gasteiger partial charge in [-0.3, -0.25) is 14.7 Å². The molecule has 7 nitrogen and oxygen atoms in total. The Hall–Kier alpha value is -3.00. The number of benzene rings is 1. The maximum atomic E-state index is 13.5. The molecule has 0 spiro atoms. The molecule has 2 unspecified atom stereocenters. The summed E-state index contributed by atoms with van der Waals surface area (Å²) in [6.45, 7) is 9.02. The predicted molar refractivity (Wildman–Crippen MR) is 130 cm³/mol. The van der Waals surface area contributed by atoms with Crippen molar-refractivity contribution in [1.82, 2.24) is 25.4 Å². The minimum atomic E-state index is -0.432. The van der Waals surface area contributed by atoms with Crippen LogP contribution in [0.1, 0.15) is 55.3 Å². The molecule has 1 aliphatic heterocycles. The fourth-order valence-corrected chi connectivity index (χ4v) is 5.30. The second-order valence-electron chi connectivity index (χ2n) is 9.07. The van der Waals surface area contributed by atoms with Crippen molar-refractivity contribution in [2.45, 2.75) is 59.0 Å². The summed E-state index contributed by atoms with van der Waals surface area (Å²) in [5.41, 5.74) is 6.70. The zero-order chi connectivity index (χ0) is 23.5. The molecule has 0 radical (unpaired) electrons. The van der Waals surface area contributed by atoms with Crippen LogP contribution in [-0.4, -0.2) is 44.5 Å². The number of aryl methyl sites for hydroxylation is 2. The lowest BCUT2D eigenvalue weighted by molar-refractivity contribution is -0.140. The number of carbonyl (C=O) groups is 2. The number of amides is 2. The first-order valence-corrected chi connectivity index (χ1v) is 12.3. The van der Waals surface area contributed by atoms with Crippen molar-refractivity contribution in [2.75, 3.05) is 6.54 Å². The van der Waals surface area contributed by atoms with Crippen molar-refractivity contribution in [1.29, 1.82) is 0 Å². The normalized spacial score (nSPS) is 16.9. The lowest BCUT2D eigenvalue weighted by atomic mass is 9.90. The molecule has 2 amide bonds. The van der Waals surface area contributed by atoms with Crippen molar-refractivity contribution in [3.05, 3.63) is 58.5 Å². The molecule has 174 valence electrons. The molecule has 1 aromatic carbocycles. The van der Waals surface area contributed by atoms with E-state index in [1.54, 1.807) is 16.2 Å². The fourth-order valence-electron chi connectivity index (χ4n) is 4.49. The van der Waals surface area contributed by atoms with Crippen LogP contribution in [0, 0.1) is 19.8 Å². The van der Waals surface area contributed by atoms with Gasteiger partial charge in [-0.25, -0.2) is 4.98 Å². The van der Waals surface area contributed by atoms with E-state index in [-0.39, 0.29) is 23.7 Å². The summed E-state index contributed by atoms with van der Waals surface area (Å²) in [7, 11) is 0. The van der Waals surface area contributed by atoms with Crippen molar-refractivity contribution in [3.63, 3.8) is 0 Å². The number of aromatic nitrogens is 3. The van der Waals surface area contributed by atoms with Crippen LogP contribution in [0.4, 0.5) is 0 Å². The average Bonchev–Trinajstić information content (AvgIpc) is 3.53. The lowest BCUT2D eigenvalue weighted by Gasteiger charge is -2.29. The number of rotatable bonds is 7. The van der Waals surface area contributed by atoms with Gasteiger partial charge in [0.05, 0.1) is 27.7 Å². The van der Waals surface area contributed by atoms with Gasteiger partial charge in [-0.2, -0.15) is 5.10 Å². The SMILES string of the molecule is Cc1cc(C(C(=O)N2CCCC2C(=O)NCc2ccc(-c3scnc3C)cc2)C(C)C)n[nH]1. The average molecular weight is 466 g/mol. The number of nitrogens with one attached hydrogen (secondary N) is 2. The Balaban J connectivity index is 1.40. The van der Waals surface area contributed by atoms with E-state index in [0.29, 0.717) is 19.5 Å².